The highest BCUT2D eigenvalue weighted by molar-refractivity contribution is 7.72. The standard InChI is InChI=1S/C20H34O7P2/c1-7-24-28(22,25-8-2)18(29(23,26-9-3)27-10-4)16-20(5,6)19(21)17-14-12-11-13-15-17/h11-15,18H,7-10,16H2,1-6H3. The van der Waals surface area contributed by atoms with Crippen LogP contribution in [0.2, 0.25) is 0 Å². The van der Waals surface area contributed by atoms with Crippen LogP contribution >= 0.6 is 15.2 Å². The van der Waals surface area contributed by atoms with E-state index in [0.717, 1.165) is 0 Å². The van der Waals surface area contributed by atoms with Crippen molar-refractivity contribution in [3.63, 3.8) is 0 Å². The third-order valence-corrected chi connectivity index (χ3v) is 10.3. The molecule has 0 radical (unpaired) electrons. The maximum absolute atomic E-state index is 13.7. The molecule has 9 heteroatoms. The Morgan fingerprint density at radius 1 is 0.828 bits per heavy atom. The SMILES string of the molecule is CCOP(=O)(OCC)C(CC(C)(C)C(=O)c1ccccc1)P(=O)(OCC)OCC. The van der Waals surface area contributed by atoms with Crippen molar-refractivity contribution in [2.75, 3.05) is 26.4 Å². The van der Waals surface area contributed by atoms with Gasteiger partial charge in [-0.2, -0.15) is 0 Å². The molecule has 0 fully saturated rings. The molecule has 0 aliphatic carbocycles. The summed E-state index contributed by atoms with van der Waals surface area (Å²) in [7, 11) is -7.81. The average Bonchev–Trinajstić information content (AvgIpc) is 2.67. The number of benzene rings is 1. The van der Waals surface area contributed by atoms with Gasteiger partial charge in [0.1, 0.15) is 0 Å². The molecule has 0 aromatic heterocycles. The molecule has 0 aliphatic heterocycles. The zero-order chi connectivity index (χ0) is 22.1. The van der Waals surface area contributed by atoms with Gasteiger partial charge in [-0.3, -0.25) is 13.9 Å². The molecule has 1 rings (SSSR count). The minimum absolute atomic E-state index is 0.0463. The minimum atomic E-state index is -3.90. The largest absolute Gasteiger partial charge is 0.345 e. The quantitative estimate of drug-likeness (QED) is 0.249. The van der Waals surface area contributed by atoms with Gasteiger partial charge < -0.3 is 18.1 Å². The van der Waals surface area contributed by atoms with Crippen LogP contribution in [0.3, 0.4) is 0 Å². The molecule has 0 saturated heterocycles. The Balaban J connectivity index is 3.44. The van der Waals surface area contributed by atoms with Gasteiger partial charge in [0.05, 0.1) is 26.4 Å². The molecule has 0 spiro atoms. The highest BCUT2D eigenvalue weighted by atomic mass is 31.2. The summed E-state index contributed by atoms with van der Waals surface area (Å²) >= 11 is 0. The van der Waals surface area contributed by atoms with E-state index in [4.69, 9.17) is 18.1 Å². The summed E-state index contributed by atoms with van der Waals surface area (Å²) in [5.74, 6) is -0.165. The molecule has 1 aromatic carbocycles. The Hall–Kier alpha value is -0.810. The van der Waals surface area contributed by atoms with Gasteiger partial charge in [-0.25, -0.2) is 0 Å². The number of ketones is 1. The van der Waals surface area contributed by atoms with E-state index in [9.17, 15) is 13.9 Å². The molecular weight excluding hydrogens is 414 g/mol. The van der Waals surface area contributed by atoms with E-state index in [1.54, 1.807) is 65.8 Å². The molecule has 0 atom stereocenters. The van der Waals surface area contributed by atoms with Gasteiger partial charge >= 0.3 is 15.2 Å². The molecule has 0 N–H and O–H groups in total. The molecule has 0 aliphatic rings. The Morgan fingerprint density at radius 3 is 1.55 bits per heavy atom. The van der Waals surface area contributed by atoms with Crippen LogP contribution in [0.5, 0.6) is 0 Å². The summed E-state index contributed by atoms with van der Waals surface area (Å²) in [6.07, 6.45) is -0.0463. The second-order valence-electron chi connectivity index (χ2n) is 7.01. The van der Waals surface area contributed by atoms with E-state index in [-0.39, 0.29) is 38.6 Å². The normalized spacial score (nSPS) is 13.1. The van der Waals surface area contributed by atoms with Crippen LogP contribution in [0.15, 0.2) is 30.3 Å². The van der Waals surface area contributed by atoms with Crippen molar-refractivity contribution >= 4 is 21.0 Å². The predicted molar refractivity (Wildman–Crippen MR) is 115 cm³/mol. The second kappa shape index (κ2) is 11.5. The lowest BCUT2D eigenvalue weighted by Crippen LogP contribution is -2.31. The van der Waals surface area contributed by atoms with Gasteiger partial charge in [0.15, 0.2) is 11.2 Å². The summed E-state index contributed by atoms with van der Waals surface area (Å²) < 4.78 is 49.3. The van der Waals surface area contributed by atoms with Gasteiger partial charge in [0.25, 0.3) is 0 Å². The van der Waals surface area contributed by atoms with Crippen LogP contribution in [0.25, 0.3) is 0 Å². The zero-order valence-corrected chi connectivity index (χ0v) is 20.0. The minimum Gasteiger partial charge on any atom is -0.308 e. The van der Waals surface area contributed by atoms with E-state index in [0.29, 0.717) is 5.56 Å². The first-order chi connectivity index (χ1) is 13.6. The van der Waals surface area contributed by atoms with Crippen LogP contribution in [0.4, 0.5) is 0 Å². The maximum Gasteiger partial charge on any atom is 0.345 e. The fraction of sp³-hybridized carbons (Fsp3) is 0.650. The first kappa shape index (κ1) is 26.2. The first-order valence-electron chi connectivity index (χ1n) is 9.97. The van der Waals surface area contributed by atoms with E-state index >= 15 is 0 Å². The summed E-state index contributed by atoms with van der Waals surface area (Å²) in [5, 5.41) is -1.22. The first-order valence-corrected chi connectivity index (χ1v) is 13.2. The van der Waals surface area contributed by atoms with Gasteiger partial charge in [0, 0.05) is 11.0 Å². The number of carbonyl (C=O) groups is 1. The average molecular weight is 448 g/mol. The second-order valence-corrected chi connectivity index (χ2v) is 11.9. The van der Waals surface area contributed by atoms with Crippen LogP contribution in [0, 0.1) is 5.41 Å². The summed E-state index contributed by atoms with van der Waals surface area (Å²) in [5.41, 5.74) is -0.499. The molecule has 7 nitrogen and oxygen atoms in total. The highest BCUT2D eigenvalue weighted by Gasteiger charge is 2.53. The van der Waals surface area contributed by atoms with Crippen molar-refractivity contribution in [2.24, 2.45) is 5.41 Å². The van der Waals surface area contributed by atoms with E-state index < -0.39 is 26.0 Å². The molecule has 0 unspecified atom stereocenters. The van der Waals surface area contributed by atoms with Crippen LogP contribution in [0.1, 0.15) is 58.3 Å². The van der Waals surface area contributed by atoms with E-state index in [1.807, 2.05) is 6.07 Å². The van der Waals surface area contributed by atoms with Crippen LogP contribution in [-0.4, -0.2) is 37.6 Å². The lowest BCUT2D eigenvalue weighted by molar-refractivity contribution is 0.0823. The fourth-order valence-corrected chi connectivity index (χ4v) is 8.89. The Morgan fingerprint density at radius 2 is 1.21 bits per heavy atom. The topological polar surface area (TPSA) is 88.1 Å². The van der Waals surface area contributed by atoms with Crippen molar-refractivity contribution in [2.45, 2.75) is 53.4 Å². The fourth-order valence-electron chi connectivity index (χ4n) is 3.06. The number of hydrogen-bond donors (Lipinski definition) is 0. The van der Waals surface area contributed by atoms with Crippen molar-refractivity contribution in [3.8, 4) is 0 Å². The van der Waals surface area contributed by atoms with Crippen molar-refractivity contribution in [1.82, 2.24) is 0 Å². The summed E-state index contributed by atoms with van der Waals surface area (Å²) in [4.78, 5) is 13.1. The smallest absolute Gasteiger partial charge is 0.308 e. The van der Waals surface area contributed by atoms with Crippen LogP contribution in [-0.2, 0) is 27.2 Å². The number of hydrogen-bond acceptors (Lipinski definition) is 7. The Bertz CT molecular complexity index is 684. The monoisotopic (exact) mass is 448 g/mol. The number of carbonyl (C=O) groups excluding carboxylic acids is 1. The van der Waals surface area contributed by atoms with Gasteiger partial charge in [-0.05, 0) is 34.1 Å². The molecule has 0 bridgehead atoms. The van der Waals surface area contributed by atoms with Gasteiger partial charge in [0.2, 0.25) is 0 Å². The Kier molecular flexibility index (Phi) is 10.4. The number of Topliss-reactive ketones (excluding diaryl/α,β-unsaturated/α-hetero) is 1. The van der Waals surface area contributed by atoms with E-state index in [2.05, 4.69) is 0 Å². The molecule has 0 heterocycles. The Labute approximate surface area is 174 Å². The van der Waals surface area contributed by atoms with Crippen molar-refractivity contribution < 1.29 is 32.0 Å². The summed E-state index contributed by atoms with van der Waals surface area (Å²) in [6.45, 7) is 10.5. The lowest BCUT2D eigenvalue weighted by atomic mass is 9.82. The predicted octanol–water partition coefficient (Wildman–Crippen LogP) is 6.14. The molecule has 29 heavy (non-hydrogen) atoms. The number of rotatable bonds is 14. The highest BCUT2D eigenvalue weighted by Crippen LogP contribution is 2.72. The zero-order valence-electron chi connectivity index (χ0n) is 18.3. The van der Waals surface area contributed by atoms with Crippen molar-refractivity contribution in [1.29, 1.82) is 0 Å². The maximum atomic E-state index is 13.7. The third kappa shape index (κ3) is 6.85. The van der Waals surface area contributed by atoms with E-state index in [1.165, 1.54) is 0 Å². The van der Waals surface area contributed by atoms with Gasteiger partial charge in [-0.15, -0.1) is 0 Å². The summed E-state index contributed by atoms with van der Waals surface area (Å²) in [6, 6.07) is 8.81. The molecule has 1 aromatic rings. The molecule has 166 valence electrons. The van der Waals surface area contributed by atoms with Gasteiger partial charge in [-0.1, -0.05) is 44.2 Å². The molecule has 0 amide bonds. The van der Waals surface area contributed by atoms with Crippen molar-refractivity contribution in [3.05, 3.63) is 35.9 Å². The molecular formula is C20H34O7P2. The van der Waals surface area contributed by atoms with Crippen LogP contribution < -0.4 is 0 Å². The third-order valence-electron chi connectivity index (χ3n) is 4.31. The lowest BCUT2D eigenvalue weighted by Gasteiger charge is -2.35. The molecule has 0 saturated carbocycles.